The van der Waals surface area contributed by atoms with Crippen molar-refractivity contribution in [3.05, 3.63) is 28.8 Å². The maximum absolute atomic E-state index is 12.5. The number of esters is 1. The summed E-state index contributed by atoms with van der Waals surface area (Å²) in [5.41, 5.74) is 0.104. The third-order valence-electron chi connectivity index (χ3n) is 2.90. The summed E-state index contributed by atoms with van der Waals surface area (Å²) < 4.78 is 35.9. The van der Waals surface area contributed by atoms with Crippen LogP contribution in [0.5, 0.6) is 0 Å². The molecular weight excluding hydrogens is 306 g/mol. The first-order valence-electron chi connectivity index (χ1n) is 5.92. The van der Waals surface area contributed by atoms with Crippen LogP contribution in [0.25, 0.3) is 0 Å². The summed E-state index contributed by atoms with van der Waals surface area (Å²) in [6.45, 7) is 1.26. The van der Waals surface area contributed by atoms with Gasteiger partial charge >= 0.3 is 5.97 Å². The topological polar surface area (TPSA) is 72.9 Å². The second-order valence-corrected chi connectivity index (χ2v) is 6.56. The number of ether oxygens (including phenoxy) is 2. The molecule has 1 aromatic carbocycles. The molecule has 0 aliphatic carbocycles. The molecule has 1 heterocycles. The summed E-state index contributed by atoms with van der Waals surface area (Å²) >= 11 is 5.88. The average molecular weight is 320 g/mol. The van der Waals surface area contributed by atoms with Gasteiger partial charge in [-0.05, 0) is 18.2 Å². The first kappa shape index (κ1) is 15.2. The summed E-state index contributed by atoms with van der Waals surface area (Å²) in [6.07, 6.45) is 0. The lowest BCUT2D eigenvalue weighted by Crippen LogP contribution is -2.40. The van der Waals surface area contributed by atoms with Crippen molar-refractivity contribution in [2.24, 2.45) is 0 Å². The van der Waals surface area contributed by atoms with Crippen molar-refractivity contribution in [3.63, 3.8) is 0 Å². The number of nitrogens with zero attached hydrogens (tertiary/aromatic N) is 1. The van der Waals surface area contributed by atoms with Gasteiger partial charge in [-0.2, -0.15) is 4.31 Å². The van der Waals surface area contributed by atoms with E-state index >= 15 is 0 Å². The monoisotopic (exact) mass is 319 g/mol. The summed E-state index contributed by atoms with van der Waals surface area (Å²) in [5.74, 6) is -0.633. The third kappa shape index (κ3) is 3.12. The number of morpholine rings is 1. The van der Waals surface area contributed by atoms with Crippen LogP contribution in [0, 0.1) is 0 Å². The fourth-order valence-corrected chi connectivity index (χ4v) is 3.66. The van der Waals surface area contributed by atoms with Crippen molar-refractivity contribution in [3.8, 4) is 0 Å². The molecule has 0 atom stereocenters. The van der Waals surface area contributed by atoms with Gasteiger partial charge in [0.2, 0.25) is 10.0 Å². The first-order chi connectivity index (χ1) is 9.45. The van der Waals surface area contributed by atoms with Gasteiger partial charge in [-0.15, -0.1) is 0 Å². The van der Waals surface area contributed by atoms with Crippen molar-refractivity contribution in [2.45, 2.75) is 4.90 Å². The minimum atomic E-state index is -3.69. The smallest absolute Gasteiger partial charge is 0.337 e. The zero-order chi connectivity index (χ0) is 14.8. The second kappa shape index (κ2) is 6.09. The molecule has 6 nitrogen and oxygen atoms in total. The summed E-state index contributed by atoms with van der Waals surface area (Å²) in [4.78, 5) is 11.5. The van der Waals surface area contributed by atoms with Crippen molar-refractivity contribution in [1.29, 1.82) is 0 Å². The molecule has 0 bridgehead atoms. The number of sulfonamides is 1. The van der Waals surface area contributed by atoms with Crippen LogP contribution < -0.4 is 0 Å². The number of carbonyl (C=O) groups excluding carboxylic acids is 1. The Balaban J connectivity index is 2.40. The molecule has 0 N–H and O–H groups in total. The molecular formula is C12H14ClNO5S. The number of methoxy groups -OCH3 is 1. The van der Waals surface area contributed by atoms with E-state index in [0.717, 1.165) is 0 Å². The molecule has 0 amide bonds. The lowest BCUT2D eigenvalue weighted by molar-refractivity contribution is 0.0600. The van der Waals surface area contributed by atoms with E-state index in [2.05, 4.69) is 4.74 Å². The largest absolute Gasteiger partial charge is 0.465 e. The van der Waals surface area contributed by atoms with Crippen LogP contribution in [-0.4, -0.2) is 52.1 Å². The van der Waals surface area contributed by atoms with Gasteiger partial charge in [0.15, 0.2) is 0 Å². The van der Waals surface area contributed by atoms with Gasteiger partial charge in [0, 0.05) is 18.1 Å². The molecule has 20 heavy (non-hydrogen) atoms. The fourth-order valence-electron chi connectivity index (χ4n) is 1.88. The van der Waals surface area contributed by atoms with Crippen molar-refractivity contribution in [1.82, 2.24) is 4.31 Å². The van der Waals surface area contributed by atoms with Crippen LogP contribution in [0.3, 0.4) is 0 Å². The molecule has 0 spiro atoms. The first-order valence-corrected chi connectivity index (χ1v) is 7.74. The molecule has 1 aromatic rings. The van der Waals surface area contributed by atoms with Gasteiger partial charge in [-0.25, -0.2) is 13.2 Å². The SMILES string of the molecule is COC(=O)c1cc(Cl)cc(S(=O)(=O)N2CCOCC2)c1. The summed E-state index contributed by atoms with van der Waals surface area (Å²) in [7, 11) is -2.47. The van der Waals surface area contributed by atoms with Crippen molar-refractivity contribution in [2.75, 3.05) is 33.4 Å². The summed E-state index contributed by atoms with van der Waals surface area (Å²) in [6, 6.07) is 3.95. The van der Waals surface area contributed by atoms with Gasteiger partial charge in [0.25, 0.3) is 0 Å². The van der Waals surface area contributed by atoms with Crippen molar-refractivity contribution >= 4 is 27.6 Å². The quantitative estimate of drug-likeness (QED) is 0.781. The van der Waals surface area contributed by atoms with Crippen LogP contribution in [-0.2, 0) is 19.5 Å². The number of hydrogen-bond donors (Lipinski definition) is 0. The highest BCUT2D eigenvalue weighted by atomic mass is 35.5. The second-order valence-electron chi connectivity index (χ2n) is 4.18. The van der Waals surface area contributed by atoms with E-state index in [-0.39, 0.29) is 28.6 Å². The van der Waals surface area contributed by atoms with Gasteiger partial charge in [0.05, 0.1) is 30.8 Å². The molecule has 0 unspecified atom stereocenters. The van der Waals surface area contributed by atoms with E-state index < -0.39 is 16.0 Å². The minimum Gasteiger partial charge on any atom is -0.465 e. The van der Waals surface area contributed by atoms with Gasteiger partial charge in [-0.1, -0.05) is 11.6 Å². The fraction of sp³-hybridized carbons (Fsp3) is 0.417. The third-order valence-corrected chi connectivity index (χ3v) is 4.99. The number of hydrogen-bond acceptors (Lipinski definition) is 5. The van der Waals surface area contributed by atoms with Gasteiger partial charge in [-0.3, -0.25) is 0 Å². The number of rotatable bonds is 3. The van der Waals surface area contributed by atoms with Crippen LogP contribution >= 0.6 is 11.6 Å². The Hall–Kier alpha value is -1.15. The van der Waals surface area contributed by atoms with E-state index in [4.69, 9.17) is 16.3 Å². The van der Waals surface area contributed by atoms with E-state index in [1.807, 2.05) is 0 Å². The molecule has 8 heteroatoms. The van der Waals surface area contributed by atoms with Crippen molar-refractivity contribution < 1.29 is 22.7 Å². The Morgan fingerprint density at radius 3 is 2.55 bits per heavy atom. The molecule has 1 aliphatic rings. The lowest BCUT2D eigenvalue weighted by Gasteiger charge is -2.26. The maximum Gasteiger partial charge on any atom is 0.337 e. The normalized spacial score (nSPS) is 16.9. The molecule has 1 saturated heterocycles. The summed E-state index contributed by atoms with van der Waals surface area (Å²) in [5, 5.41) is 0.166. The predicted molar refractivity (Wildman–Crippen MR) is 72.4 cm³/mol. The minimum absolute atomic E-state index is 0.0210. The molecule has 0 radical (unpaired) electrons. The molecule has 0 saturated carbocycles. The molecule has 1 fully saturated rings. The van der Waals surface area contributed by atoms with Gasteiger partial charge < -0.3 is 9.47 Å². The zero-order valence-corrected chi connectivity index (χ0v) is 12.4. The van der Waals surface area contributed by atoms with Gasteiger partial charge in [0.1, 0.15) is 0 Å². The van der Waals surface area contributed by atoms with Crippen LogP contribution in [0.4, 0.5) is 0 Å². The molecule has 110 valence electrons. The highest BCUT2D eigenvalue weighted by molar-refractivity contribution is 7.89. The van der Waals surface area contributed by atoms with Crippen LogP contribution in [0.15, 0.2) is 23.1 Å². The number of benzene rings is 1. The Kier molecular flexibility index (Phi) is 4.64. The molecule has 1 aliphatic heterocycles. The maximum atomic E-state index is 12.5. The Morgan fingerprint density at radius 1 is 1.30 bits per heavy atom. The molecule has 2 rings (SSSR count). The van der Waals surface area contributed by atoms with E-state index in [0.29, 0.717) is 13.2 Å². The Labute approximate surface area is 122 Å². The average Bonchev–Trinajstić information content (AvgIpc) is 2.46. The van der Waals surface area contributed by atoms with E-state index in [1.165, 1.54) is 29.6 Å². The highest BCUT2D eigenvalue weighted by Gasteiger charge is 2.27. The highest BCUT2D eigenvalue weighted by Crippen LogP contribution is 2.23. The Morgan fingerprint density at radius 2 is 1.95 bits per heavy atom. The van der Waals surface area contributed by atoms with Crippen LogP contribution in [0.2, 0.25) is 5.02 Å². The van der Waals surface area contributed by atoms with E-state index in [1.54, 1.807) is 0 Å². The zero-order valence-electron chi connectivity index (χ0n) is 10.8. The number of carbonyl (C=O) groups is 1. The predicted octanol–water partition coefficient (Wildman–Crippen LogP) is 1.15. The van der Waals surface area contributed by atoms with E-state index in [9.17, 15) is 13.2 Å². The lowest BCUT2D eigenvalue weighted by atomic mass is 10.2. The number of halogens is 1. The van der Waals surface area contributed by atoms with Crippen LogP contribution in [0.1, 0.15) is 10.4 Å². The molecule has 0 aromatic heterocycles. The standard InChI is InChI=1S/C12H14ClNO5S/c1-18-12(15)9-6-10(13)8-11(7-9)20(16,17)14-2-4-19-5-3-14/h6-8H,2-5H2,1H3. The Bertz CT molecular complexity index is 610.